The molecule has 1 aliphatic rings. The van der Waals surface area contributed by atoms with E-state index in [4.69, 9.17) is 4.74 Å². The number of carbonyl (C=O) groups is 3. The molecule has 0 unspecified atom stereocenters. The van der Waals surface area contributed by atoms with Gasteiger partial charge in [0.2, 0.25) is 5.91 Å². The number of carbonyl (C=O) groups excluding carboxylic acids is 3. The molecule has 1 N–H and O–H groups in total. The standard InChI is InChI=1S/C22H19FN2O4S/c1-29-18-9-4-15(5-10-18)6-11-20(26)24-12-13-25-21(27)19(30-22(25)28)14-16-2-7-17(23)8-3-16/h2-11,14H,12-13H2,1H3,(H,24,26). The molecule has 1 heterocycles. The number of rotatable bonds is 7. The van der Waals surface area contributed by atoms with Crippen LogP contribution < -0.4 is 10.1 Å². The number of nitrogens with one attached hydrogen (secondary N) is 1. The van der Waals surface area contributed by atoms with Crippen molar-refractivity contribution >= 4 is 41.0 Å². The van der Waals surface area contributed by atoms with Crippen molar-refractivity contribution in [1.82, 2.24) is 10.2 Å². The Bertz CT molecular complexity index is 1000. The van der Waals surface area contributed by atoms with Crippen LogP contribution in [0.25, 0.3) is 12.2 Å². The quantitative estimate of drug-likeness (QED) is 0.684. The van der Waals surface area contributed by atoms with Gasteiger partial charge in [0.05, 0.1) is 12.0 Å². The molecule has 0 spiro atoms. The lowest BCUT2D eigenvalue weighted by Crippen LogP contribution is -2.36. The molecule has 0 atom stereocenters. The van der Waals surface area contributed by atoms with Gasteiger partial charge in [0.15, 0.2) is 0 Å². The van der Waals surface area contributed by atoms with E-state index in [1.807, 2.05) is 12.1 Å². The van der Waals surface area contributed by atoms with Crippen molar-refractivity contribution in [2.75, 3.05) is 20.2 Å². The first-order valence-electron chi connectivity index (χ1n) is 9.07. The molecule has 3 amide bonds. The Labute approximate surface area is 177 Å². The minimum absolute atomic E-state index is 0.0630. The van der Waals surface area contributed by atoms with Gasteiger partial charge in [-0.2, -0.15) is 0 Å². The van der Waals surface area contributed by atoms with Gasteiger partial charge in [0, 0.05) is 19.2 Å². The molecular formula is C22H19FN2O4S. The van der Waals surface area contributed by atoms with Crippen LogP contribution in [0.4, 0.5) is 9.18 Å². The predicted molar refractivity (Wildman–Crippen MR) is 114 cm³/mol. The van der Waals surface area contributed by atoms with E-state index in [0.717, 1.165) is 28.0 Å². The van der Waals surface area contributed by atoms with E-state index in [2.05, 4.69) is 5.32 Å². The first kappa shape index (κ1) is 21.3. The Morgan fingerprint density at radius 1 is 1.10 bits per heavy atom. The van der Waals surface area contributed by atoms with Crippen molar-refractivity contribution in [2.45, 2.75) is 0 Å². The first-order chi connectivity index (χ1) is 14.5. The molecule has 8 heteroatoms. The Kier molecular flexibility index (Phi) is 7.03. The number of amides is 3. The van der Waals surface area contributed by atoms with Gasteiger partial charge >= 0.3 is 0 Å². The zero-order chi connectivity index (χ0) is 21.5. The molecule has 0 aliphatic carbocycles. The van der Waals surface area contributed by atoms with Crippen LogP contribution in [0, 0.1) is 5.82 Å². The normalized spacial score (nSPS) is 15.3. The molecule has 3 rings (SSSR count). The minimum atomic E-state index is -0.433. The fraction of sp³-hybridized carbons (Fsp3) is 0.136. The van der Waals surface area contributed by atoms with Gasteiger partial charge in [0.25, 0.3) is 11.1 Å². The Morgan fingerprint density at radius 3 is 2.43 bits per heavy atom. The van der Waals surface area contributed by atoms with Gasteiger partial charge in [0.1, 0.15) is 11.6 Å². The lowest BCUT2D eigenvalue weighted by atomic mass is 10.2. The number of thioether (sulfide) groups is 1. The summed E-state index contributed by atoms with van der Waals surface area (Å²) in [5.41, 5.74) is 1.46. The third-order valence-electron chi connectivity index (χ3n) is 4.22. The highest BCUT2D eigenvalue weighted by molar-refractivity contribution is 8.18. The van der Waals surface area contributed by atoms with Crippen molar-refractivity contribution in [1.29, 1.82) is 0 Å². The summed E-state index contributed by atoms with van der Waals surface area (Å²) in [5.74, 6) is -0.420. The smallest absolute Gasteiger partial charge is 0.293 e. The third kappa shape index (κ3) is 5.57. The maximum atomic E-state index is 13.0. The molecule has 1 fully saturated rings. The highest BCUT2D eigenvalue weighted by Crippen LogP contribution is 2.31. The fourth-order valence-corrected chi connectivity index (χ4v) is 3.50. The maximum absolute atomic E-state index is 13.0. The van der Waals surface area contributed by atoms with Crippen LogP contribution in [-0.2, 0) is 9.59 Å². The summed E-state index contributed by atoms with van der Waals surface area (Å²) >= 11 is 0.818. The molecule has 0 aromatic heterocycles. The molecule has 6 nitrogen and oxygen atoms in total. The second-order valence-corrected chi connectivity index (χ2v) is 7.28. The van der Waals surface area contributed by atoms with E-state index >= 15 is 0 Å². The number of ether oxygens (including phenoxy) is 1. The number of methoxy groups -OCH3 is 1. The molecule has 1 saturated heterocycles. The topological polar surface area (TPSA) is 75.7 Å². The first-order valence-corrected chi connectivity index (χ1v) is 9.89. The van der Waals surface area contributed by atoms with E-state index in [-0.39, 0.29) is 29.7 Å². The summed E-state index contributed by atoms with van der Waals surface area (Å²) in [5, 5.41) is 2.24. The van der Waals surface area contributed by atoms with Gasteiger partial charge in [-0.3, -0.25) is 19.3 Å². The molecule has 2 aromatic carbocycles. The fourth-order valence-electron chi connectivity index (χ4n) is 2.64. The van der Waals surface area contributed by atoms with Crippen molar-refractivity contribution in [3.05, 3.63) is 76.5 Å². The van der Waals surface area contributed by atoms with E-state index < -0.39 is 11.1 Å². The largest absolute Gasteiger partial charge is 0.497 e. The zero-order valence-electron chi connectivity index (χ0n) is 16.1. The van der Waals surface area contributed by atoms with Gasteiger partial charge in [-0.25, -0.2) is 4.39 Å². The molecule has 1 aliphatic heterocycles. The van der Waals surface area contributed by atoms with Crippen LogP contribution in [0.1, 0.15) is 11.1 Å². The summed E-state index contributed by atoms with van der Waals surface area (Å²) in [6, 6.07) is 12.8. The molecule has 154 valence electrons. The lowest BCUT2D eigenvalue weighted by Gasteiger charge is -2.12. The van der Waals surface area contributed by atoms with Crippen molar-refractivity contribution in [3.63, 3.8) is 0 Å². The van der Waals surface area contributed by atoms with E-state index in [1.165, 1.54) is 30.3 Å². The summed E-state index contributed by atoms with van der Waals surface area (Å²) < 4.78 is 18.1. The van der Waals surface area contributed by atoms with Gasteiger partial charge in [-0.15, -0.1) is 0 Å². The Morgan fingerprint density at radius 2 is 1.77 bits per heavy atom. The SMILES string of the molecule is COc1ccc(C=CC(=O)NCCN2C(=O)SC(=Cc3ccc(F)cc3)C2=O)cc1. The number of imide groups is 1. The molecule has 2 aromatic rings. The van der Waals surface area contributed by atoms with Crippen LogP contribution in [0.15, 0.2) is 59.5 Å². The summed E-state index contributed by atoms with van der Waals surface area (Å²) in [7, 11) is 1.58. The number of hydrogen-bond acceptors (Lipinski definition) is 5. The van der Waals surface area contributed by atoms with Gasteiger partial charge < -0.3 is 10.1 Å². The average molecular weight is 426 g/mol. The van der Waals surface area contributed by atoms with Crippen LogP contribution in [0.3, 0.4) is 0 Å². The second-order valence-electron chi connectivity index (χ2n) is 6.28. The summed E-state index contributed by atoms with van der Waals surface area (Å²) in [6.07, 6.45) is 4.57. The van der Waals surface area contributed by atoms with Crippen molar-refractivity contribution < 1.29 is 23.5 Å². The summed E-state index contributed by atoms with van der Waals surface area (Å²) in [6.45, 7) is 0.196. The van der Waals surface area contributed by atoms with E-state index in [1.54, 1.807) is 31.4 Å². The predicted octanol–water partition coefficient (Wildman–Crippen LogP) is 3.70. The van der Waals surface area contributed by atoms with Gasteiger partial charge in [-0.05, 0) is 59.3 Å². The van der Waals surface area contributed by atoms with Crippen LogP contribution in [-0.4, -0.2) is 42.2 Å². The molecule has 30 heavy (non-hydrogen) atoms. The second kappa shape index (κ2) is 9.89. The van der Waals surface area contributed by atoms with Crippen LogP contribution in [0.5, 0.6) is 5.75 Å². The van der Waals surface area contributed by atoms with Crippen LogP contribution >= 0.6 is 11.8 Å². The van der Waals surface area contributed by atoms with E-state index in [0.29, 0.717) is 5.56 Å². The Balaban J connectivity index is 1.50. The van der Waals surface area contributed by atoms with E-state index in [9.17, 15) is 18.8 Å². The van der Waals surface area contributed by atoms with Crippen molar-refractivity contribution in [2.24, 2.45) is 0 Å². The lowest BCUT2D eigenvalue weighted by molar-refractivity contribution is -0.123. The highest BCUT2D eigenvalue weighted by atomic mass is 32.2. The number of nitrogens with zero attached hydrogens (tertiary/aromatic N) is 1. The van der Waals surface area contributed by atoms with Crippen LogP contribution in [0.2, 0.25) is 0 Å². The highest BCUT2D eigenvalue weighted by Gasteiger charge is 2.34. The zero-order valence-corrected chi connectivity index (χ0v) is 16.9. The van der Waals surface area contributed by atoms with Crippen molar-refractivity contribution in [3.8, 4) is 5.75 Å². The number of hydrogen-bond donors (Lipinski definition) is 1. The number of benzene rings is 2. The third-order valence-corrected chi connectivity index (χ3v) is 5.13. The molecule has 0 bridgehead atoms. The molecular weight excluding hydrogens is 407 g/mol. The van der Waals surface area contributed by atoms with Gasteiger partial charge in [-0.1, -0.05) is 24.3 Å². The maximum Gasteiger partial charge on any atom is 0.293 e. The average Bonchev–Trinajstić information content (AvgIpc) is 3.01. The Hall–Kier alpha value is -3.39. The summed E-state index contributed by atoms with van der Waals surface area (Å²) in [4.78, 5) is 37.8. The minimum Gasteiger partial charge on any atom is -0.497 e. The molecule has 0 saturated carbocycles. The molecule has 0 radical (unpaired) electrons. The monoisotopic (exact) mass is 426 g/mol. The number of halogens is 1.